The van der Waals surface area contributed by atoms with Gasteiger partial charge in [0.25, 0.3) is 5.91 Å². The summed E-state index contributed by atoms with van der Waals surface area (Å²) in [4.78, 5) is 24.4. The molecule has 0 radical (unpaired) electrons. The highest BCUT2D eigenvalue weighted by molar-refractivity contribution is 5.94. The van der Waals surface area contributed by atoms with Crippen molar-refractivity contribution in [3.63, 3.8) is 0 Å². The van der Waals surface area contributed by atoms with Gasteiger partial charge in [0.2, 0.25) is 0 Å². The van der Waals surface area contributed by atoms with E-state index in [1.54, 1.807) is 31.0 Å². The van der Waals surface area contributed by atoms with Gasteiger partial charge in [0.15, 0.2) is 5.69 Å². The number of hydrogen-bond acceptors (Lipinski definition) is 4. The molecule has 7 nitrogen and oxygen atoms in total. The predicted octanol–water partition coefficient (Wildman–Crippen LogP) is 1.74. The van der Waals surface area contributed by atoms with Crippen LogP contribution in [0.25, 0.3) is 5.69 Å². The van der Waals surface area contributed by atoms with Gasteiger partial charge in [-0.15, -0.1) is 0 Å². The Balaban J connectivity index is 2.32. The van der Waals surface area contributed by atoms with E-state index in [0.29, 0.717) is 18.0 Å². The largest absolute Gasteiger partial charge is 0.494 e. The van der Waals surface area contributed by atoms with Crippen molar-refractivity contribution < 1.29 is 19.4 Å². The molecule has 0 fully saturated rings. The fourth-order valence-corrected chi connectivity index (χ4v) is 2.20. The van der Waals surface area contributed by atoms with E-state index in [9.17, 15) is 9.59 Å². The number of likely N-dealkylation sites (N-methyl/N-ethyl adjacent to an activating group) is 1. The van der Waals surface area contributed by atoms with Crippen LogP contribution >= 0.6 is 0 Å². The number of aliphatic carboxylic acids is 1. The van der Waals surface area contributed by atoms with Gasteiger partial charge in [0.1, 0.15) is 18.0 Å². The maximum atomic E-state index is 12.3. The van der Waals surface area contributed by atoms with E-state index in [-0.39, 0.29) is 12.2 Å². The van der Waals surface area contributed by atoms with Crippen molar-refractivity contribution in [1.82, 2.24) is 14.7 Å². The molecule has 0 saturated carbocycles. The highest BCUT2D eigenvalue weighted by Gasteiger charge is 2.20. The molecule has 7 heteroatoms. The summed E-state index contributed by atoms with van der Waals surface area (Å²) in [5.74, 6) is -0.837. The molecular weight excluding hydrogens is 298 g/mol. The summed E-state index contributed by atoms with van der Waals surface area (Å²) in [7, 11) is 1.56. The van der Waals surface area contributed by atoms with E-state index < -0.39 is 11.9 Å². The lowest BCUT2D eigenvalue weighted by Gasteiger charge is -2.16. The molecular formula is C16H19N3O4. The average Bonchev–Trinajstić information content (AvgIpc) is 3.01. The number of carboxylic acids is 1. The van der Waals surface area contributed by atoms with Crippen molar-refractivity contribution in [2.45, 2.75) is 13.8 Å². The molecule has 0 aliphatic carbocycles. The first kappa shape index (κ1) is 16.5. The number of hydrogen-bond donors (Lipinski definition) is 1. The maximum Gasteiger partial charge on any atom is 0.323 e. The van der Waals surface area contributed by atoms with Gasteiger partial charge in [-0.2, -0.15) is 5.10 Å². The molecule has 0 aliphatic rings. The van der Waals surface area contributed by atoms with Crippen LogP contribution in [0.3, 0.4) is 0 Å². The Morgan fingerprint density at radius 3 is 2.70 bits per heavy atom. The number of rotatable bonds is 6. The number of carbonyl (C=O) groups excluding carboxylic acids is 1. The van der Waals surface area contributed by atoms with Crippen LogP contribution in [0.1, 0.15) is 23.0 Å². The number of methoxy groups -OCH3 is 1. The first-order valence-electron chi connectivity index (χ1n) is 7.18. The van der Waals surface area contributed by atoms with Gasteiger partial charge in [-0.3, -0.25) is 9.59 Å². The van der Waals surface area contributed by atoms with Crippen molar-refractivity contribution in [3.05, 3.63) is 41.7 Å². The minimum Gasteiger partial charge on any atom is -0.494 e. The van der Waals surface area contributed by atoms with E-state index >= 15 is 0 Å². The van der Waals surface area contributed by atoms with Gasteiger partial charge in [-0.05, 0) is 37.6 Å². The van der Waals surface area contributed by atoms with Gasteiger partial charge >= 0.3 is 5.97 Å². The second-order valence-electron chi connectivity index (χ2n) is 5.03. The lowest BCUT2D eigenvalue weighted by molar-refractivity contribution is -0.137. The lowest BCUT2D eigenvalue weighted by Crippen LogP contribution is -2.35. The summed E-state index contributed by atoms with van der Waals surface area (Å²) in [6, 6.07) is 7.21. The standard InChI is InChI=1S/C16H19N3O4/c1-4-18(10-15(20)21)16(22)12-7-8-19(17-12)13-9-11(2)5-6-14(13)23-3/h5-9H,4,10H2,1-3H3,(H,20,21). The Morgan fingerprint density at radius 2 is 2.09 bits per heavy atom. The zero-order chi connectivity index (χ0) is 17.0. The Hall–Kier alpha value is -2.83. The number of carbonyl (C=O) groups is 2. The molecule has 23 heavy (non-hydrogen) atoms. The van der Waals surface area contributed by atoms with Crippen LogP contribution in [0.4, 0.5) is 0 Å². The van der Waals surface area contributed by atoms with E-state index in [2.05, 4.69) is 5.10 Å². The second kappa shape index (κ2) is 6.95. The van der Waals surface area contributed by atoms with Gasteiger partial charge in [0, 0.05) is 12.7 Å². The molecule has 2 aromatic rings. The number of carboxylic acid groups (broad SMARTS) is 1. The van der Waals surface area contributed by atoms with Crippen LogP contribution in [0.2, 0.25) is 0 Å². The Bertz CT molecular complexity index is 724. The normalized spacial score (nSPS) is 10.4. The van der Waals surface area contributed by atoms with Gasteiger partial charge in [-0.25, -0.2) is 4.68 Å². The Morgan fingerprint density at radius 1 is 1.35 bits per heavy atom. The van der Waals surface area contributed by atoms with Crippen molar-refractivity contribution >= 4 is 11.9 Å². The molecule has 1 heterocycles. The zero-order valence-electron chi connectivity index (χ0n) is 13.3. The minimum atomic E-state index is -1.06. The monoisotopic (exact) mass is 317 g/mol. The molecule has 2 rings (SSSR count). The minimum absolute atomic E-state index is 0.191. The van der Waals surface area contributed by atoms with Crippen molar-refractivity contribution in [1.29, 1.82) is 0 Å². The molecule has 0 spiro atoms. The number of amides is 1. The SMILES string of the molecule is CCN(CC(=O)O)C(=O)c1ccn(-c2cc(C)ccc2OC)n1. The number of ether oxygens (including phenoxy) is 1. The van der Waals surface area contributed by atoms with Crippen LogP contribution < -0.4 is 4.74 Å². The van der Waals surface area contributed by atoms with Gasteiger partial charge < -0.3 is 14.7 Å². The van der Waals surface area contributed by atoms with E-state index in [0.717, 1.165) is 5.56 Å². The number of aryl methyl sites for hydroxylation is 1. The van der Waals surface area contributed by atoms with Crippen molar-refractivity contribution in [2.24, 2.45) is 0 Å². The van der Waals surface area contributed by atoms with E-state index in [1.807, 2.05) is 25.1 Å². The fraction of sp³-hybridized carbons (Fsp3) is 0.312. The third kappa shape index (κ3) is 3.68. The highest BCUT2D eigenvalue weighted by atomic mass is 16.5. The van der Waals surface area contributed by atoms with Crippen LogP contribution in [0, 0.1) is 6.92 Å². The number of benzene rings is 1. The lowest BCUT2D eigenvalue weighted by atomic mass is 10.2. The predicted molar refractivity (Wildman–Crippen MR) is 84.1 cm³/mol. The molecule has 1 aromatic carbocycles. The summed E-state index contributed by atoms with van der Waals surface area (Å²) >= 11 is 0. The molecule has 0 aliphatic heterocycles. The third-order valence-corrected chi connectivity index (χ3v) is 3.38. The van der Waals surface area contributed by atoms with Crippen molar-refractivity contribution in [2.75, 3.05) is 20.2 Å². The molecule has 0 unspecified atom stereocenters. The highest BCUT2D eigenvalue weighted by Crippen LogP contribution is 2.23. The van der Waals surface area contributed by atoms with Gasteiger partial charge in [0.05, 0.1) is 7.11 Å². The van der Waals surface area contributed by atoms with Crippen LogP contribution in [0.15, 0.2) is 30.5 Å². The Labute approximate surface area is 134 Å². The quantitative estimate of drug-likeness (QED) is 0.877. The Kier molecular flexibility index (Phi) is 5.00. The summed E-state index contributed by atoms with van der Waals surface area (Å²) in [6.45, 7) is 3.62. The first-order valence-corrected chi connectivity index (χ1v) is 7.18. The maximum absolute atomic E-state index is 12.3. The zero-order valence-corrected chi connectivity index (χ0v) is 13.3. The first-order chi connectivity index (χ1) is 11.0. The summed E-state index contributed by atoms with van der Waals surface area (Å²) < 4.78 is 6.86. The molecule has 0 atom stereocenters. The van der Waals surface area contributed by atoms with E-state index in [1.165, 1.54) is 4.90 Å². The molecule has 1 aromatic heterocycles. The molecule has 122 valence electrons. The topological polar surface area (TPSA) is 84.7 Å². The molecule has 1 amide bonds. The van der Waals surface area contributed by atoms with Gasteiger partial charge in [-0.1, -0.05) is 6.07 Å². The molecule has 1 N–H and O–H groups in total. The smallest absolute Gasteiger partial charge is 0.323 e. The number of nitrogens with zero attached hydrogens (tertiary/aromatic N) is 3. The van der Waals surface area contributed by atoms with Crippen molar-refractivity contribution in [3.8, 4) is 11.4 Å². The average molecular weight is 317 g/mol. The molecule has 0 bridgehead atoms. The van der Waals surface area contributed by atoms with Crippen LogP contribution in [-0.4, -0.2) is 51.9 Å². The molecule has 0 saturated heterocycles. The second-order valence-corrected chi connectivity index (χ2v) is 5.03. The van der Waals surface area contributed by atoms with E-state index in [4.69, 9.17) is 9.84 Å². The van der Waals surface area contributed by atoms with Crippen LogP contribution in [-0.2, 0) is 4.79 Å². The number of aromatic nitrogens is 2. The fourth-order valence-electron chi connectivity index (χ4n) is 2.20. The van der Waals surface area contributed by atoms with Crippen LogP contribution in [0.5, 0.6) is 5.75 Å². The third-order valence-electron chi connectivity index (χ3n) is 3.38. The summed E-state index contributed by atoms with van der Waals surface area (Å²) in [6.07, 6.45) is 1.65. The summed E-state index contributed by atoms with van der Waals surface area (Å²) in [5, 5.41) is 13.1. The summed E-state index contributed by atoms with van der Waals surface area (Å²) in [5.41, 5.74) is 1.94.